The monoisotopic (exact) mass is 399 g/mol. The fourth-order valence-electron chi connectivity index (χ4n) is 3.17. The molecule has 0 N–H and O–H groups in total. The summed E-state index contributed by atoms with van der Waals surface area (Å²) in [6.07, 6.45) is 0. The van der Waals surface area contributed by atoms with Gasteiger partial charge in [-0.05, 0) is 41.8 Å². The number of rotatable bonds is 3. The van der Waals surface area contributed by atoms with Crippen molar-refractivity contribution in [3.63, 3.8) is 0 Å². The van der Waals surface area contributed by atoms with Crippen LogP contribution >= 0.6 is 15.9 Å². The highest BCUT2D eigenvalue weighted by atomic mass is 79.9. The van der Waals surface area contributed by atoms with Gasteiger partial charge in [-0.1, -0.05) is 88.7 Å². The molecule has 4 aromatic rings. The number of hydrogen-bond acceptors (Lipinski definition) is 1. The number of benzene rings is 3. The molecule has 0 amide bonds. The summed E-state index contributed by atoms with van der Waals surface area (Å²) in [6, 6.07) is 31.4. The Bertz CT molecular complexity index is 962. The summed E-state index contributed by atoms with van der Waals surface area (Å²) >= 11 is 3.51. The normalized spacial score (nSPS) is 10.7. The predicted octanol–water partition coefficient (Wildman–Crippen LogP) is 7.15. The first-order valence-corrected chi connectivity index (χ1v) is 9.40. The average Bonchev–Trinajstić information content (AvgIpc) is 2.70. The number of halogens is 1. The Kier molecular flexibility index (Phi) is 4.68. The van der Waals surface area contributed by atoms with E-state index >= 15 is 0 Å². The van der Waals surface area contributed by atoms with Crippen molar-refractivity contribution in [2.24, 2.45) is 0 Å². The minimum absolute atomic E-state index is 0.987. The van der Waals surface area contributed by atoms with Crippen LogP contribution in [0.5, 0.6) is 0 Å². The van der Waals surface area contributed by atoms with Gasteiger partial charge in [-0.25, -0.2) is 4.98 Å². The maximum atomic E-state index is 5.01. The molecule has 0 saturated heterocycles. The fraction of sp³-hybridized carbons (Fsp3) is 0.0417. The van der Waals surface area contributed by atoms with Gasteiger partial charge in [0, 0.05) is 15.6 Å². The highest BCUT2D eigenvalue weighted by molar-refractivity contribution is 9.10. The molecular weight excluding hydrogens is 382 g/mol. The topological polar surface area (TPSA) is 12.9 Å². The molecule has 2 heteroatoms. The molecule has 126 valence electrons. The molecule has 1 aromatic heterocycles. The average molecular weight is 400 g/mol. The Morgan fingerprint density at radius 3 is 1.85 bits per heavy atom. The van der Waals surface area contributed by atoms with Crippen molar-refractivity contribution in [1.82, 2.24) is 4.98 Å². The van der Waals surface area contributed by atoms with Crippen LogP contribution in [0.1, 0.15) is 5.56 Å². The lowest BCUT2D eigenvalue weighted by Crippen LogP contribution is -1.96. The van der Waals surface area contributed by atoms with Gasteiger partial charge in [0.2, 0.25) is 0 Å². The molecule has 0 radical (unpaired) electrons. The van der Waals surface area contributed by atoms with Gasteiger partial charge >= 0.3 is 0 Å². The van der Waals surface area contributed by atoms with E-state index in [9.17, 15) is 0 Å². The molecule has 0 atom stereocenters. The van der Waals surface area contributed by atoms with Crippen molar-refractivity contribution in [3.8, 4) is 33.6 Å². The van der Waals surface area contributed by atoms with Gasteiger partial charge in [-0.15, -0.1) is 0 Å². The van der Waals surface area contributed by atoms with Crippen molar-refractivity contribution in [2.45, 2.75) is 6.92 Å². The summed E-state index contributed by atoms with van der Waals surface area (Å²) in [6.45, 7) is 2.16. The highest BCUT2D eigenvalue weighted by Crippen LogP contribution is 2.34. The Morgan fingerprint density at radius 1 is 0.654 bits per heavy atom. The second-order valence-electron chi connectivity index (χ2n) is 6.27. The quantitative estimate of drug-likeness (QED) is 0.356. The summed E-state index contributed by atoms with van der Waals surface area (Å²) in [7, 11) is 0. The zero-order chi connectivity index (χ0) is 17.9. The zero-order valence-corrected chi connectivity index (χ0v) is 16.1. The molecule has 26 heavy (non-hydrogen) atoms. The van der Waals surface area contributed by atoms with Crippen molar-refractivity contribution in [2.75, 3.05) is 0 Å². The van der Waals surface area contributed by atoms with E-state index in [2.05, 4.69) is 102 Å². The molecule has 0 aliphatic heterocycles. The van der Waals surface area contributed by atoms with Crippen LogP contribution in [0.4, 0.5) is 0 Å². The van der Waals surface area contributed by atoms with E-state index in [-0.39, 0.29) is 0 Å². The highest BCUT2D eigenvalue weighted by Gasteiger charge is 2.13. The van der Waals surface area contributed by atoms with E-state index < -0.39 is 0 Å². The third-order valence-electron chi connectivity index (χ3n) is 4.54. The smallest absolute Gasteiger partial charge is 0.0744 e. The summed E-state index contributed by atoms with van der Waals surface area (Å²) in [4.78, 5) is 5.01. The third-order valence-corrected chi connectivity index (χ3v) is 5.07. The standard InChI is InChI=1S/C24H18BrN/c1-17-22(18-8-4-2-5-9-18)16-23(19-12-14-21(25)15-13-19)26-24(17)20-10-6-3-7-11-20/h2-16H,1H3. The summed E-state index contributed by atoms with van der Waals surface area (Å²) in [5.74, 6) is 0. The minimum Gasteiger partial charge on any atom is -0.247 e. The maximum absolute atomic E-state index is 5.01. The lowest BCUT2D eigenvalue weighted by atomic mass is 9.95. The van der Waals surface area contributed by atoms with Gasteiger partial charge < -0.3 is 0 Å². The SMILES string of the molecule is Cc1c(-c2ccccc2)cc(-c2ccc(Br)cc2)nc1-c1ccccc1. The van der Waals surface area contributed by atoms with Crippen LogP contribution in [0.15, 0.2) is 95.5 Å². The zero-order valence-electron chi connectivity index (χ0n) is 14.5. The van der Waals surface area contributed by atoms with Gasteiger partial charge in [-0.3, -0.25) is 0 Å². The molecule has 1 heterocycles. The Hall–Kier alpha value is -2.71. The van der Waals surface area contributed by atoms with Crippen LogP contribution in [0.3, 0.4) is 0 Å². The molecule has 3 aromatic carbocycles. The number of aromatic nitrogens is 1. The molecule has 0 bridgehead atoms. The van der Waals surface area contributed by atoms with Crippen LogP contribution < -0.4 is 0 Å². The lowest BCUT2D eigenvalue weighted by molar-refractivity contribution is 1.27. The first kappa shape index (κ1) is 16.7. The summed E-state index contributed by atoms with van der Waals surface area (Å²) < 4.78 is 1.07. The van der Waals surface area contributed by atoms with E-state index in [1.54, 1.807) is 0 Å². The summed E-state index contributed by atoms with van der Waals surface area (Å²) in [5.41, 5.74) is 7.90. The first-order chi connectivity index (χ1) is 12.7. The van der Waals surface area contributed by atoms with Crippen molar-refractivity contribution in [3.05, 3.63) is 101 Å². The van der Waals surface area contributed by atoms with Gasteiger partial charge in [0.1, 0.15) is 0 Å². The van der Waals surface area contributed by atoms with Crippen LogP contribution in [-0.4, -0.2) is 4.98 Å². The van der Waals surface area contributed by atoms with Crippen LogP contribution in [0.2, 0.25) is 0 Å². The van der Waals surface area contributed by atoms with E-state index in [0.29, 0.717) is 0 Å². The number of pyridine rings is 1. The Morgan fingerprint density at radius 2 is 1.23 bits per heavy atom. The van der Waals surface area contributed by atoms with E-state index in [1.807, 2.05) is 12.1 Å². The molecule has 1 nitrogen and oxygen atoms in total. The maximum Gasteiger partial charge on any atom is 0.0744 e. The van der Waals surface area contributed by atoms with Gasteiger partial charge in [0.25, 0.3) is 0 Å². The van der Waals surface area contributed by atoms with Crippen molar-refractivity contribution in [1.29, 1.82) is 0 Å². The Labute approximate surface area is 162 Å². The second kappa shape index (κ2) is 7.27. The van der Waals surface area contributed by atoms with Crippen LogP contribution in [0, 0.1) is 6.92 Å². The second-order valence-corrected chi connectivity index (χ2v) is 7.18. The lowest BCUT2D eigenvalue weighted by Gasteiger charge is -2.14. The molecule has 0 unspecified atom stereocenters. The molecular formula is C24H18BrN. The molecule has 0 spiro atoms. The van der Waals surface area contributed by atoms with Crippen molar-refractivity contribution < 1.29 is 0 Å². The van der Waals surface area contributed by atoms with E-state index in [0.717, 1.165) is 27.0 Å². The third kappa shape index (κ3) is 3.33. The predicted molar refractivity (Wildman–Crippen MR) is 113 cm³/mol. The first-order valence-electron chi connectivity index (χ1n) is 8.61. The largest absolute Gasteiger partial charge is 0.247 e. The number of hydrogen-bond donors (Lipinski definition) is 0. The van der Waals surface area contributed by atoms with Crippen LogP contribution in [-0.2, 0) is 0 Å². The van der Waals surface area contributed by atoms with Gasteiger partial charge in [0.15, 0.2) is 0 Å². The van der Waals surface area contributed by atoms with Gasteiger partial charge in [0.05, 0.1) is 11.4 Å². The molecule has 0 saturated carbocycles. The number of nitrogens with zero attached hydrogens (tertiary/aromatic N) is 1. The van der Waals surface area contributed by atoms with Crippen molar-refractivity contribution >= 4 is 15.9 Å². The molecule has 0 aliphatic rings. The Balaban J connectivity index is 1.97. The summed E-state index contributed by atoms with van der Waals surface area (Å²) in [5, 5.41) is 0. The van der Waals surface area contributed by atoms with E-state index in [4.69, 9.17) is 4.98 Å². The fourth-order valence-corrected chi connectivity index (χ4v) is 3.44. The van der Waals surface area contributed by atoms with Gasteiger partial charge in [-0.2, -0.15) is 0 Å². The van der Waals surface area contributed by atoms with Crippen LogP contribution in [0.25, 0.3) is 33.6 Å². The molecule has 0 fully saturated rings. The molecule has 0 aliphatic carbocycles. The molecule has 4 rings (SSSR count). The minimum atomic E-state index is 0.987. The van der Waals surface area contributed by atoms with E-state index in [1.165, 1.54) is 16.7 Å².